The number of carbonyl (C=O) groups is 1. The maximum absolute atomic E-state index is 11.4. The zero-order chi connectivity index (χ0) is 16.6. The minimum absolute atomic E-state index is 0.192. The highest BCUT2D eigenvalue weighted by atomic mass is 16.4. The maximum atomic E-state index is 11.4. The van der Waals surface area contributed by atoms with Gasteiger partial charge in [0.25, 0.3) is 0 Å². The number of carboxylic acid groups (broad SMARTS) is 1. The van der Waals surface area contributed by atoms with Gasteiger partial charge in [-0.15, -0.1) is 0 Å². The molecule has 3 rings (SSSR count). The molecule has 23 heavy (non-hydrogen) atoms. The summed E-state index contributed by atoms with van der Waals surface area (Å²) < 4.78 is 0. The molecule has 0 saturated heterocycles. The summed E-state index contributed by atoms with van der Waals surface area (Å²) in [5.41, 5.74) is 3.18. The third-order valence-corrected chi connectivity index (χ3v) is 4.69. The van der Waals surface area contributed by atoms with Crippen LogP contribution >= 0.6 is 0 Å². The van der Waals surface area contributed by atoms with Crippen molar-refractivity contribution in [2.24, 2.45) is 5.41 Å². The van der Waals surface area contributed by atoms with E-state index in [-0.39, 0.29) is 5.92 Å². The van der Waals surface area contributed by atoms with Gasteiger partial charge in [-0.2, -0.15) is 5.10 Å². The van der Waals surface area contributed by atoms with Gasteiger partial charge in [-0.3, -0.25) is 9.89 Å². The predicted octanol–water partition coefficient (Wildman–Crippen LogP) is 2.77. The lowest BCUT2D eigenvalue weighted by atomic mass is 9.87. The van der Waals surface area contributed by atoms with Crippen molar-refractivity contribution in [3.63, 3.8) is 0 Å². The number of aromatic nitrogens is 4. The SMILES string of the molecule is Cc1cc([C@@H]2CC[C@@](C)(C(=O)O)C2)nc(Cc2cc(C)[nH]n2)n1. The van der Waals surface area contributed by atoms with E-state index in [0.29, 0.717) is 19.3 Å². The van der Waals surface area contributed by atoms with Crippen LogP contribution in [0.4, 0.5) is 0 Å². The predicted molar refractivity (Wildman–Crippen MR) is 85.2 cm³/mol. The monoisotopic (exact) mass is 314 g/mol. The van der Waals surface area contributed by atoms with Crippen molar-refractivity contribution >= 4 is 5.97 Å². The molecule has 0 amide bonds. The fraction of sp³-hybridized carbons (Fsp3) is 0.529. The molecule has 1 fully saturated rings. The normalized spacial score (nSPS) is 24.0. The molecule has 6 nitrogen and oxygen atoms in total. The number of aromatic amines is 1. The van der Waals surface area contributed by atoms with Crippen LogP contribution in [0.5, 0.6) is 0 Å². The van der Waals surface area contributed by atoms with E-state index in [1.54, 1.807) is 0 Å². The Morgan fingerprint density at radius 1 is 1.39 bits per heavy atom. The summed E-state index contributed by atoms with van der Waals surface area (Å²) in [4.78, 5) is 20.6. The van der Waals surface area contributed by atoms with Gasteiger partial charge in [-0.1, -0.05) is 0 Å². The van der Waals surface area contributed by atoms with Gasteiger partial charge in [-0.05, 0) is 52.2 Å². The van der Waals surface area contributed by atoms with Crippen molar-refractivity contribution in [1.82, 2.24) is 20.2 Å². The number of aliphatic carboxylic acids is 1. The van der Waals surface area contributed by atoms with Gasteiger partial charge in [-0.25, -0.2) is 9.97 Å². The van der Waals surface area contributed by atoms with Gasteiger partial charge < -0.3 is 5.11 Å². The third-order valence-electron chi connectivity index (χ3n) is 4.69. The topological polar surface area (TPSA) is 91.8 Å². The molecule has 0 aliphatic heterocycles. The van der Waals surface area contributed by atoms with Crippen LogP contribution in [-0.2, 0) is 11.2 Å². The zero-order valence-corrected chi connectivity index (χ0v) is 13.8. The molecule has 2 atom stereocenters. The highest BCUT2D eigenvalue weighted by Crippen LogP contribution is 2.46. The summed E-state index contributed by atoms with van der Waals surface area (Å²) in [5, 5.41) is 16.6. The van der Waals surface area contributed by atoms with E-state index in [1.807, 2.05) is 32.9 Å². The van der Waals surface area contributed by atoms with Gasteiger partial charge in [0.2, 0.25) is 0 Å². The average molecular weight is 314 g/mol. The molecule has 2 heterocycles. The standard InChI is InChI=1S/C17H22N4O2/c1-10-7-14(12-4-5-17(3,9-12)16(22)23)19-15(18-10)8-13-6-11(2)20-21-13/h6-7,12H,4-5,8-9H2,1-3H3,(H,20,21)(H,22,23)/t12-,17-/m1/s1. The van der Waals surface area contributed by atoms with Crippen molar-refractivity contribution < 1.29 is 9.90 Å². The van der Waals surface area contributed by atoms with Crippen molar-refractivity contribution in [3.8, 4) is 0 Å². The summed E-state index contributed by atoms with van der Waals surface area (Å²) in [7, 11) is 0. The Hall–Kier alpha value is -2.24. The number of carboxylic acids is 1. The summed E-state index contributed by atoms with van der Waals surface area (Å²) in [6.45, 7) is 5.75. The number of nitrogens with zero attached hydrogens (tertiary/aromatic N) is 3. The molecule has 0 aromatic carbocycles. The van der Waals surface area contributed by atoms with E-state index in [9.17, 15) is 9.90 Å². The largest absolute Gasteiger partial charge is 0.481 e. The first-order valence-corrected chi connectivity index (χ1v) is 7.94. The Balaban J connectivity index is 1.82. The summed E-state index contributed by atoms with van der Waals surface area (Å²) in [6.07, 6.45) is 2.78. The van der Waals surface area contributed by atoms with Gasteiger partial charge in [0.15, 0.2) is 0 Å². The molecule has 0 spiro atoms. The Kier molecular flexibility index (Phi) is 3.92. The van der Waals surface area contributed by atoms with E-state index < -0.39 is 11.4 Å². The maximum Gasteiger partial charge on any atom is 0.309 e. The van der Waals surface area contributed by atoms with Crippen molar-refractivity contribution in [1.29, 1.82) is 0 Å². The van der Waals surface area contributed by atoms with Crippen LogP contribution in [-0.4, -0.2) is 31.2 Å². The van der Waals surface area contributed by atoms with Crippen LogP contribution in [0.2, 0.25) is 0 Å². The summed E-state index contributed by atoms with van der Waals surface area (Å²) in [5.74, 6) is 0.228. The Labute approximate surface area is 135 Å². The molecule has 0 unspecified atom stereocenters. The first-order chi connectivity index (χ1) is 10.9. The first-order valence-electron chi connectivity index (χ1n) is 7.94. The molecule has 2 aromatic rings. The van der Waals surface area contributed by atoms with Crippen molar-refractivity contribution in [2.75, 3.05) is 0 Å². The van der Waals surface area contributed by atoms with Crippen LogP contribution in [0, 0.1) is 19.3 Å². The zero-order valence-electron chi connectivity index (χ0n) is 13.8. The molecule has 0 radical (unpaired) electrons. The highest BCUT2D eigenvalue weighted by Gasteiger charge is 2.42. The number of H-pyrrole nitrogens is 1. The lowest BCUT2D eigenvalue weighted by molar-refractivity contribution is -0.147. The number of hydrogen-bond donors (Lipinski definition) is 2. The minimum atomic E-state index is -0.710. The Morgan fingerprint density at radius 3 is 2.78 bits per heavy atom. The second-order valence-electron chi connectivity index (χ2n) is 6.88. The number of hydrogen-bond acceptors (Lipinski definition) is 4. The molecule has 1 aliphatic rings. The van der Waals surface area contributed by atoms with Gasteiger partial charge in [0, 0.05) is 23.0 Å². The molecule has 2 N–H and O–H groups in total. The van der Waals surface area contributed by atoms with Crippen LogP contribution in [0.1, 0.15) is 60.7 Å². The first kappa shape index (κ1) is 15.6. The van der Waals surface area contributed by atoms with E-state index in [2.05, 4.69) is 20.2 Å². The molecule has 122 valence electrons. The van der Waals surface area contributed by atoms with E-state index in [1.165, 1.54) is 0 Å². The molecular weight excluding hydrogens is 292 g/mol. The highest BCUT2D eigenvalue weighted by molar-refractivity contribution is 5.74. The quantitative estimate of drug-likeness (QED) is 0.905. The fourth-order valence-electron chi connectivity index (χ4n) is 3.36. The smallest absolute Gasteiger partial charge is 0.309 e. The molecule has 1 aliphatic carbocycles. The van der Waals surface area contributed by atoms with Crippen molar-refractivity contribution in [2.45, 2.75) is 52.4 Å². The van der Waals surface area contributed by atoms with E-state index >= 15 is 0 Å². The molecule has 2 aromatic heterocycles. The van der Waals surface area contributed by atoms with Crippen LogP contribution in [0.25, 0.3) is 0 Å². The number of aryl methyl sites for hydroxylation is 2. The van der Waals surface area contributed by atoms with Gasteiger partial charge in [0.05, 0.1) is 17.5 Å². The Bertz CT molecular complexity index is 740. The van der Waals surface area contributed by atoms with Crippen molar-refractivity contribution in [3.05, 3.63) is 40.7 Å². The van der Waals surface area contributed by atoms with Gasteiger partial charge in [0.1, 0.15) is 5.82 Å². The minimum Gasteiger partial charge on any atom is -0.481 e. The van der Waals surface area contributed by atoms with E-state index in [0.717, 1.165) is 35.0 Å². The van der Waals surface area contributed by atoms with Gasteiger partial charge >= 0.3 is 5.97 Å². The summed E-state index contributed by atoms with van der Waals surface area (Å²) in [6, 6.07) is 3.97. The number of nitrogens with one attached hydrogen (secondary N) is 1. The average Bonchev–Trinajstić information content (AvgIpc) is 3.06. The Morgan fingerprint density at radius 2 is 2.17 bits per heavy atom. The second kappa shape index (κ2) is 5.76. The second-order valence-corrected chi connectivity index (χ2v) is 6.88. The van der Waals surface area contributed by atoms with Crippen LogP contribution in [0.3, 0.4) is 0 Å². The molecular formula is C17H22N4O2. The van der Waals surface area contributed by atoms with Crippen LogP contribution < -0.4 is 0 Å². The van der Waals surface area contributed by atoms with Crippen LogP contribution in [0.15, 0.2) is 12.1 Å². The molecule has 1 saturated carbocycles. The third kappa shape index (κ3) is 3.25. The lowest BCUT2D eigenvalue weighted by Gasteiger charge is -2.18. The lowest BCUT2D eigenvalue weighted by Crippen LogP contribution is -2.24. The van der Waals surface area contributed by atoms with E-state index in [4.69, 9.17) is 0 Å². The molecule has 6 heteroatoms. The molecule has 0 bridgehead atoms. The fourth-order valence-corrected chi connectivity index (χ4v) is 3.36. The summed E-state index contributed by atoms with van der Waals surface area (Å²) >= 11 is 0. The number of rotatable bonds is 4.